The molecule has 1 nitrogen and oxygen atoms in total. The fourth-order valence-electron chi connectivity index (χ4n) is 0.398. The van der Waals surface area contributed by atoms with Crippen LogP contribution in [0.25, 0.3) is 0 Å². The van der Waals surface area contributed by atoms with Gasteiger partial charge in [-0.2, -0.15) is 0 Å². The van der Waals surface area contributed by atoms with Crippen molar-refractivity contribution in [2.45, 2.75) is 0 Å². The van der Waals surface area contributed by atoms with Gasteiger partial charge in [-0.3, -0.25) is 0 Å². The van der Waals surface area contributed by atoms with Crippen molar-refractivity contribution in [1.82, 2.24) is 4.98 Å². The second kappa shape index (κ2) is 4.16. The molecule has 0 saturated carbocycles. The van der Waals surface area contributed by atoms with Crippen LogP contribution in [0, 0.1) is 0 Å². The molecule has 3 heteroatoms. The normalized spacial score (nSPS) is 7.75. The third kappa shape index (κ3) is 2.53. The van der Waals surface area contributed by atoms with Gasteiger partial charge in [0.05, 0.1) is 0 Å². The molecule has 0 atom stereocenters. The van der Waals surface area contributed by atoms with Crippen LogP contribution in [-0.4, -0.2) is 4.98 Å². The molecule has 1 heterocycles. The zero-order chi connectivity index (χ0) is 5.11. The number of hydrogen-bond acceptors (Lipinski definition) is 1. The van der Waals surface area contributed by atoms with Gasteiger partial charge in [0.1, 0.15) is 0 Å². The number of aromatic nitrogens is 1. The van der Waals surface area contributed by atoms with Crippen molar-refractivity contribution in [2.24, 2.45) is 0 Å². The summed E-state index contributed by atoms with van der Waals surface area (Å²) in [6.45, 7) is 0. The Balaban J connectivity index is 0.000000490. The molecule has 0 radical (unpaired) electrons. The van der Waals surface area contributed by atoms with E-state index in [2.05, 4.69) is 11.1 Å². The van der Waals surface area contributed by atoms with Crippen molar-refractivity contribution >= 4 is 21.1 Å². The molecule has 0 aliphatic carbocycles. The molecule has 0 N–H and O–H groups in total. The summed E-state index contributed by atoms with van der Waals surface area (Å²) in [7, 11) is 0. The van der Waals surface area contributed by atoms with E-state index in [1.807, 2.05) is 12.3 Å². The minimum absolute atomic E-state index is 0. The fourth-order valence-corrected chi connectivity index (χ4v) is 0.905. The van der Waals surface area contributed by atoms with Crippen molar-refractivity contribution in [3.63, 3.8) is 0 Å². The predicted molar refractivity (Wildman–Crippen MR) is 34.2 cm³/mol. The van der Waals surface area contributed by atoms with Crippen LogP contribution >= 0.6 is 17.0 Å². The molecule has 0 amide bonds. The first-order valence-corrected chi connectivity index (χ1v) is 3.60. The topological polar surface area (TPSA) is 12.9 Å². The van der Waals surface area contributed by atoms with E-state index in [1.165, 1.54) is 22.5 Å². The monoisotopic (exact) mass is 222 g/mol. The Hall–Kier alpha value is 0.253. The van der Waals surface area contributed by atoms with Crippen LogP contribution in [-0.2, 0) is 18.3 Å². The van der Waals surface area contributed by atoms with Crippen LogP contribution in [0.1, 0.15) is 0 Å². The molecule has 39 valence electrons. The predicted octanol–water partition coefficient (Wildman–Crippen LogP) is 0.832. The van der Waals surface area contributed by atoms with Gasteiger partial charge in [0, 0.05) is 0 Å². The Morgan fingerprint density at radius 3 is 2.50 bits per heavy atom. The van der Waals surface area contributed by atoms with E-state index in [-0.39, 0.29) is 17.0 Å². The van der Waals surface area contributed by atoms with Crippen LogP contribution in [0.3, 0.4) is 0 Å². The summed E-state index contributed by atoms with van der Waals surface area (Å²) in [6, 6.07) is 4.03. The zero-order valence-electron chi connectivity index (χ0n) is 4.37. The Morgan fingerprint density at radius 2 is 2.25 bits per heavy atom. The van der Waals surface area contributed by atoms with Crippen molar-refractivity contribution in [2.75, 3.05) is 0 Å². The Bertz CT molecular complexity index is 142. The van der Waals surface area contributed by atoms with E-state index < -0.39 is 0 Å². The molecule has 0 spiro atoms. The van der Waals surface area contributed by atoms with Crippen molar-refractivity contribution < 1.29 is 18.3 Å². The summed E-state index contributed by atoms with van der Waals surface area (Å²) < 4.78 is 1.34. The summed E-state index contributed by atoms with van der Waals surface area (Å²) >= 11 is 1.20. The van der Waals surface area contributed by atoms with Gasteiger partial charge in [-0.25, -0.2) is 0 Å². The maximum atomic E-state index is 3.92. The van der Waals surface area contributed by atoms with Gasteiger partial charge in [-0.1, -0.05) is 0 Å². The molecule has 1 rings (SSSR count). The van der Waals surface area contributed by atoms with Crippen molar-refractivity contribution in [1.29, 1.82) is 0 Å². The van der Waals surface area contributed by atoms with Crippen LogP contribution in [0.2, 0.25) is 0 Å². The molecule has 1 aromatic rings. The summed E-state index contributed by atoms with van der Waals surface area (Å²) in [5, 5.41) is 0. The molecular formula is C5H5BrNZn. The minimum atomic E-state index is 0. The summed E-state index contributed by atoms with van der Waals surface area (Å²) in [5.41, 5.74) is 0. The second-order valence-electron chi connectivity index (χ2n) is 1.36. The molecule has 0 aromatic carbocycles. The van der Waals surface area contributed by atoms with Crippen LogP contribution in [0.4, 0.5) is 0 Å². The van der Waals surface area contributed by atoms with Crippen LogP contribution < -0.4 is 4.16 Å². The average Bonchev–Trinajstić information content (AvgIpc) is 1.69. The maximum absolute atomic E-state index is 3.92. The number of halogens is 1. The van der Waals surface area contributed by atoms with Gasteiger partial charge in [-0.15, -0.1) is 17.0 Å². The Morgan fingerprint density at radius 1 is 1.50 bits per heavy atom. The van der Waals surface area contributed by atoms with Crippen LogP contribution in [0.15, 0.2) is 24.5 Å². The quantitative estimate of drug-likeness (QED) is 0.595. The van der Waals surface area contributed by atoms with Gasteiger partial charge in [0.2, 0.25) is 0 Å². The SMILES string of the molecule is Br.[Zn][c]1cccnc1. The molecule has 1 aromatic heterocycles. The molecule has 0 saturated heterocycles. The molecular weight excluding hydrogens is 219 g/mol. The van der Waals surface area contributed by atoms with Gasteiger partial charge < -0.3 is 0 Å². The van der Waals surface area contributed by atoms with Crippen LogP contribution in [0.5, 0.6) is 0 Å². The summed E-state index contributed by atoms with van der Waals surface area (Å²) in [6.07, 6.45) is 3.68. The van der Waals surface area contributed by atoms with Gasteiger partial charge in [-0.05, 0) is 0 Å². The average molecular weight is 224 g/mol. The molecule has 0 aliphatic rings. The van der Waals surface area contributed by atoms with Gasteiger partial charge in [0.25, 0.3) is 0 Å². The molecule has 0 fully saturated rings. The molecule has 0 unspecified atom stereocenters. The molecule has 0 bridgehead atoms. The summed E-state index contributed by atoms with van der Waals surface area (Å²) in [4.78, 5) is 3.92. The Labute approximate surface area is 69.0 Å². The zero-order valence-corrected chi connectivity index (χ0v) is 9.05. The van der Waals surface area contributed by atoms with Crippen molar-refractivity contribution in [3.05, 3.63) is 24.5 Å². The standard InChI is InChI=1S/C5H4N.BrH.Zn/c1-2-4-6-5-3-1;;/h1-2,4-5H;1H;. The molecule has 8 heavy (non-hydrogen) atoms. The van der Waals surface area contributed by atoms with E-state index in [0.29, 0.717) is 0 Å². The number of nitrogens with zero attached hydrogens (tertiary/aromatic N) is 1. The first-order valence-electron chi connectivity index (χ1n) is 2.11. The fraction of sp³-hybridized carbons (Fsp3) is 0. The van der Waals surface area contributed by atoms with Gasteiger partial charge >= 0.3 is 52.0 Å². The molecule has 0 aliphatic heterocycles. The summed E-state index contributed by atoms with van der Waals surface area (Å²) in [5.74, 6) is 0. The second-order valence-corrected chi connectivity index (χ2v) is 3.07. The third-order valence-corrected chi connectivity index (χ3v) is 1.60. The van der Waals surface area contributed by atoms with Crippen molar-refractivity contribution in [3.8, 4) is 0 Å². The van der Waals surface area contributed by atoms with E-state index in [4.69, 9.17) is 0 Å². The first-order chi connectivity index (χ1) is 3.39. The van der Waals surface area contributed by atoms with Gasteiger partial charge in [0.15, 0.2) is 0 Å². The number of hydrogen-bond donors (Lipinski definition) is 0. The first kappa shape index (κ1) is 8.25. The number of rotatable bonds is 0. The Kier molecular flexibility index (Phi) is 4.30. The third-order valence-electron chi connectivity index (χ3n) is 0.723. The number of pyridine rings is 1. The van der Waals surface area contributed by atoms with E-state index >= 15 is 0 Å². The van der Waals surface area contributed by atoms with E-state index in [9.17, 15) is 0 Å². The van der Waals surface area contributed by atoms with E-state index in [0.717, 1.165) is 0 Å². The van der Waals surface area contributed by atoms with E-state index in [1.54, 1.807) is 6.20 Å².